The summed E-state index contributed by atoms with van der Waals surface area (Å²) < 4.78 is 0. The molecular weight excluding hydrogens is 248 g/mol. The predicted molar refractivity (Wildman–Crippen MR) is 80.3 cm³/mol. The molecule has 2 heterocycles. The van der Waals surface area contributed by atoms with Crippen molar-refractivity contribution in [2.75, 3.05) is 30.4 Å². The third kappa shape index (κ3) is 1.14. The molecule has 0 aromatic heterocycles. The molecule has 0 fully saturated rings. The Morgan fingerprint density at radius 2 is 1.45 bits per heavy atom. The Bertz CT molecular complexity index is 711. The number of likely N-dealkylation sites (N-methyl/N-ethyl adjacent to an activating group) is 2. The molecule has 1 atom stereocenters. The van der Waals surface area contributed by atoms with Gasteiger partial charge in [-0.1, -0.05) is 36.4 Å². The fourth-order valence-corrected chi connectivity index (χ4v) is 3.74. The van der Waals surface area contributed by atoms with Gasteiger partial charge in [0.25, 0.3) is 0 Å². The molecule has 0 radical (unpaired) electrons. The van der Waals surface area contributed by atoms with Gasteiger partial charge in [-0.3, -0.25) is 4.79 Å². The van der Waals surface area contributed by atoms with Gasteiger partial charge in [-0.15, -0.1) is 0 Å². The second-order valence-electron chi connectivity index (χ2n) is 5.66. The highest BCUT2D eigenvalue weighted by atomic mass is 16.2. The normalized spacial score (nSPS) is 23.4. The number of amides is 1. The van der Waals surface area contributed by atoms with Crippen LogP contribution in [0.4, 0.5) is 11.4 Å². The third-order valence-corrected chi connectivity index (χ3v) is 4.64. The maximum atomic E-state index is 13.0. The molecule has 1 amide bonds. The summed E-state index contributed by atoms with van der Waals surface area (Å²) in [7, 11) is 3.93. The van der Waals surface area contributed by atoms with E-state index in [-0.39, 0.29) is 5.91 Å². The molecule has 2 aromatic carbocycles. The Balaban J connectivity index is 2.06. The number of rotatable bonds is 0. The van der Waals surface area contributed by atoms with Crippen molar-refractivity contribution in [1.29, 1.82) is 0 Å². The van der Waals surface area contributed by atoms with Crippen LogP contribution in [0.1, 0.15) is 11.1 Å². The van der Waals surface area contributed by atoms with E-state index in [1.54, 1.807) is 4.90 Å². The van der Waals surface area contributed by atoms with E-state index in [0.717, 1.165) is 22.5 Å². The van der Waals surface area contributed by atoms with Gasteiger partial charge in [0, 0.05) is 32.0 Å². The average molecular weight is 264 g/mol. The molecule has 1 spiro atoms. The molecular formula is C17H16N2O. The summed E-state index contributed by atoms with van der Waals surface area (Å²) in [4.78, 5) is 17.0. The third-order valence-electron chi connectivity index (χ3n) is 4.64. The predicted octanol–water partition coefficient (Wildman–Crippen LogP) is 2.40. The molecule has 0 saturated carbocycles. The van der Waals surface area contributed by atoms with Crippen LogP contribution in [0.3, 0.4) is 0 Å². The lowest BCUT2D eigenvalue weighted by Gasteiger charge is -2.23. The average Bonchev–Trinajstić information content (AvgIpc) is 2.90. The van der Waals surface area contributed by atoms with Crippen LogP contribution in [0.15, 0.2) is 48.5 Å². The summed E-state index contributed by atoms with van der Waals surface area (Å²) in [5.41, 5.74) is 3.92. The first-order chi connectivity index (χ1) is 9.66. The zero-order chi connectivity index (χ0) is 13.9. The highest BCUT2D eigenvalue weighted by Crippen LogP contribution is 2.52. The highest BCUT2D eigenvalue weighted by Gasteiger charge is 2.55. The van der Waals surface area contributed by atoms with Crippen molar-refractivity contribution in [3.05, 3.63) is 59.7 Å². The van der Waals surface area contributed by atoms with E-state index in [1.807, 2.05) is 37.4 Å². The summed E-state index contributed by atoms with van der Waals surface area (Å²) in [5, 5.41) is 0. The van der Waals surface area contributed by atoms with Crippen LogP contribution < -0.4 is 9.80 Å². The number of carbonyl (C=O) groups excluding carboxylic acids is 1. The molecule has 3 nitrogen and oxygen atoms in total. The highest BCUT2D eigenvalue weighted by molar-refractivity contribution is 6.12. The zero-order valence-corrected chi connectivity index (χ0v) is 11.6. The van der Waals surface area contributed by atoms with Crippen LogP contribution in [0.5, 0.6) is 0 Å². The van der Waals surface area contributed by atoms with Gasteiger partial charge >= 0.3 is 0 Å². The topological polar surface area (TPSA) is 23.6 Å². The lowest BCUT2D eigenvalue weighted by molar-refractivity contribution is -0.121. The molecule has 2 aromatic rings. The van der Waals surface area contributed by atoms with Crippen molar-refractivity contribution in [1.82, 2.24) is 0 Å². The second-order valence-corrected chi connectivity index (χ2v) is 5.66. The molecule has 20 heavy (non-hydrogen) atoms. The number of carbonyl (C=O) groups is 1. The standard InChI is InChI=1S/C17H16N2O/c1-18-11-17(12-7-3-5-9-14(12)18)13-8-4-6-10-15(13)19(2)16(17)20/h3-10H,11H2,1-2H3. The number of anilines is 2. The molecule has 3 heteroatoms. The van der Waals surface area contributed by atoms with Gasteiger partial charge in [-0.05, 0) is 23.3 Å². The van der Waals surface area contributed by atoms with Gasteiger partial charge in [0.2, 0.25) is 5.91 Å². The molecule has 0 aliphatic carbocycles. The van der Waals surface area contributed by atoms with Crippen molar-refractivity contribution < 1.29 is 4.79 Å². The Morgan fingerprint density at radius 1 is 0.900 bits per heavy atom. The maximum absolute atomic E-state index is 13.0. The minimum atomic E-state index is -0.531. The zero-order valence-electron chi connectivity index (χ0n) is 11.6. The van der Waals surface area contributed by atoms with Crippen molar-refractivity contribution in [2.24, 2.45) is 0 Å². The Kier molecular flexibility index (Phi) is 2.09. The van der Waals surface area contributed by atoms with Crippen LogP contribution in [-0.4, -0.2) is 26.5 Å². The first-order valence-corrected chi connectivity index (χ1v) is 6.84. The number of fused-ring (bicyclic) bond motifs is 4. The van der Waals surface area contributed by atoms with Gasteiger partial charge in [0.05, 0.1) is 0 Å². The van der Waals surface area contributed by atoms with E-state index in [4.69, 9.17) is 0 Å². The lowest BCUT2D eigenvalue weighted by atomic mass is 9.77. The molecule has 4 rings (SSSR count). The van der Waals surface area contributed by atoms with Crippen molar-refractivity contribution in [3.63, 3.8) is 0 Å². The fourth-order valence-electron chi connectivity index (χ4n) is 3.74. The van der Waals surface area contributed by atoms with Crippen LogP contribution in [0.2, 0.25) is 0 Å². The van der Waals surface area contributed by atoms with Crippen molar-refractivity contribution in [2.45, 2.75) is 5.41 Å². The van der Waals surface area contributed by atoms with Gasteiger partial charge in [0.15, 0.2) is 0 Å². The summed E-state index contributed by atoms with van der Waals surface area (Å²) in [6.07, 6.45) is 0. The van der Waals surface area contributed by atoms with Crippen LogP contribution in [-0.2, 0) is 10.2 Å². The van der Waals surface area contributed by atoms with Gasteiger partial charge in [-0.25, -0.2) is 0 Å². The van der Waals surface area contributed by atoms with Gasteiger partial charge < -0.3 is 9.80 Å². The van der Waals surface area contributed by atoms with Crippen molar-refractivity contribution in [3.8, 4) is 0 Å². The Hall–Kier alpha value is -2.29. The lowest BCUT2D eigenvalue weighted by Crippen LogP contribution is -2.42. The van der Waals surface area contributed by atoms with E-state index in [0.29, 0.717) is 6.54 Å². The minimum absolute atomic E-state index is 0.176. The van der Waals surface area contributed by atoms with E-state index >= 15 is 0 Å². The molecule has 1 unspecified atom stereocenters. The van der Waals surface area contributed by atoms with E-state index in [1.165, 1.54) is 0 Å². The number of para-hydroxylation sites is 2. The first-order valence-electron chi connectivity index (χ1n) is 6.84. The van der Waals surface area contributed by atoms with Gasteiger partial charge in [-0.2, -0.15) is 0 Å². The summed E-state index contributed by atoms with van der Waals surface area (Å²) >= 11 is 0. The summed E-state index contributed by atoms with van der Waals surface area (Å²) in [6.45, 7) is 0.715. The SMILES string of the molecule is CN1CC2(C(=O)N(C)c3ccccc32)c2ccccc21. The largest absolute Gasteiger partial charge is 0.373 e. The Labute approximate surface area is 118 Å². The second kappa shape index (κ2) is 3.63. The molecule has 100 valence electrons. The smallest absolute Gasteiger partial charge is 0.243 e. The Morgan fingerprint density at radius 3 is 2.15 bits per heavy atom. The van der Waals surface area contributed by atoms with Crippen LogP contribution >= 0.6 is 0 Å². The number of nitrogens with zero attached hydrogens (tertiary/aromatic N) is 2. The minimum Gasteiger partial charge on any atom is -0.373 e. The van der Waals surface area contributed by atoms with Gasteiger partial charge in [0.1, 0.15) is 5.41 Å². The number of benzene rings is 2. The monoisotopic (exact) mass is 264 g/mol. The summed E-state index contributed by atoms with van der Waals surface area (Å²) in [6, 6.07) is 16.4. The number of hydrogen-bond acceptors (Lipinski definition) is 2. The molecule has 0 N–H and O–H groups in total. The quantitative estimate of drug-likeness (QED) is 0.729. The van der Waals surface area contributed by atoms with E-state index < -0.39 is 5.41 Å². The summed E-state index contributed by atoms with van der Waals surface area (Å²) in [5.74, 6) is 0.176. The van der Waals surface area contributed by atoms with Crippen LogP contribution in [0.25, 0.3) is 0 Å². The fraction of sp³-hybridized carbons (Fsp3) is 0.235. The maximum Gasteiger partial charge on any atom is 0.243 e. The molecule has 0 saturated heterocycles. The molecule has 0 bridgehead atoms. The molecule has 2 aliphatic heterocycles. The first kappa shape index (κ1) is 11.5. The van der Waals surface area contributed by atoms with Crippen molar-refractivity contribution >= 4 is 17.3 Å². The van der Waals surface area contributed by atoms with Crippen LogP contribution in [0, 0.1) is 0 Å². The van der Waals surface area contributed by atoms with E-state index in [9.17, 15) is 4.79 Å². The number of hydrogen-bond donors (Lipinski definition) is 0. The van der Waals surface area contributed by atoms with E-state index in [2.05, 4.69) is 30.1 Å². The molecule has 2 aliphatic rings.